The summed E-state index contributed by atoms with van der Waals surface area (Å²) in [6, 6.07) is 0. The number of phosphoric acid groups is 1. The second-order valence-electron chi connectivity index (χ2n) is 16.0. The lowest BCUT2D eigenvalue weighted by molar-refractivity contribution is -0.161. The molecule has 0 saturated heterocycles. The zero-order valence-electron chi connectivity index (χ0n) is 39.3. The van der Waals surface area contributed by atoms with Gasteiger partial charge < -0.3 is 20.1 Å². The first-order valence-electron chi connectivity index (χ1n) is 24.6. The monoisotopic (exact) mass is 888 g/mol. The Kier molecular flexibility index (Phi) is 45.5. The molecule has 62 heavy (non-hydrogen) atoms. The van der Waals surface area contributed by atoms with Crippen LogP contribution in [0.5, 0.6) is 0 Å². The summed E-state index contributed by atoms with van der Waals surface area (Å²) in [7, 11) is -4.39. The SMILES string of the molecule is CC/C=C\C/C=C\C/C=C\C/C=C\C/C=C\C/C=C\C/C=C\CCCCCC(=O)OC(COC(=O)CCCCCCCCCCCCCCCCCC)COP(=O)(O)OCCN. The Morgan fingerprint density at radius 2 is 0.887 bits per heavy atom. The van der Waals surface area contributed by atoms with Gasteiger partial charge >= 0.3 is 19.8 Å². The largest absolute Gasteiger partial charge is 0.472 e. The van der Waals surface area contributed by atoms with Crippen molar-refractivity contribution in [3.63, 3.8) is 0 Å². The Hall–Kier alpha value is -2.81. The molecule has 0 aromatic rings. The van der Waals surface area contributed by atoms with Crippen LogP contribution in [0.2, 0.25) is 0 Å². The highest BCUT2D eigenvalue weighted by Gasteiger charge is 2.26. The zero-order chi connectivity index (χ0) is 45.3. The summed E-state index contributed by atoms with van der Waals surface area (Å²) < 4.78 is 32.9. The van der Waals surface area contributed by atoms with Crippen LogP contribution in [-0.2, 0) is 32.7 Å². The molecule has 0 aliphatic carbocycles. The van der Waals surface area contributed by atoms with E-state index in [0.717, 1.165) is 83.5 Å². The minimum atomic E-state index is -4.39. The maximum absolute atomic E-state index is 12.6. The number of allylic oxidation sites excluding steroid dienone is 14. The molecule has 0 aromatic carbocycles. The molecule has 0 radical (unpaired) electrons. The van der Waals surface area contributed by atoms with Crippen molar-refractivity contribution in [1.29, 1.82) is 0 Å². The summed E-state index contributed by atoms with van der Waals surface area (Å²) in [5.41, 5.74) is 5.36. The van der Waals surface area contributed by atoms with E-state index >= 15 is 0 Å². The molecule has 0 rings (SSSR count). The molecule has 2 atom stereocenters. The van der Waals surface area contributed by atoms with Crippen molar-refractivity contribution < 1.29 is 37.6 Å². The van der Waals surface area contributed by atoms with E-state index in [1.165, 1.54) is 83.5 Å². The van der Waals surface area contributed by atoms with Crippen molar-refractivity contribution in [2.45, 2.75) is 206 Å². The molecule has 9 nitrogen and oxygen atoms in total. The van der Waals surface area contributed by atoms with Crippen LogP contribution in [0, 0.1) is 0 Å². The molecule has 0 spiro atoms. The van der Waals surface area contributed by atoms with E-state index in [0.29, 0.717) is 6.42 Å². The Labute approximate surface area is 379 Å². The zero-order valence-corrected chi connectivity index (χ0v) is 40.2. The first kappa shape index (κ1) is 59.2. The van der Waals surface area contributed by atoms with E-state index in [9.17, 15) is 19.0 Å². The van der Waals surface area contributed by atoms with Gasteiger partial charge in [0.1, 0.15) is 6.61 Å². The molecule has 0 fully saturated rings. The number of hydrogen-bond donors (Lipinski definition) is 2. The van der Waals surface area contributed by atoms with Gasteiger partial charge in [-0.2, -0.15) is 0 Å². The van der Waals surface area contributed by atoms with Crippen molar-refractivity contribution in [2.75, 3.05) is 26.4 Å². The van der Waals surface area contributed by atoms with Crippen LogP contribution < -0.4 is 5.73 Å². The third-order valence-corrected chi connectivity index (χ3v) is 11.0. The van der Waals surface area contributed by atoms with Crippen molar-refractivity contribution in [3.8, 4) is 0 Å². The van der Waals surface area contributed by atoms with Gasteiger partial charge in [-0.15, -0.1) is 0 Å². The van der Waals surface area contributed by atoms with Gasteiger partial charge in [0.15, 0.2) is 6.10 Å². The Bertz CT molecular complexity index is 1290. The highest BCUT2D eigenvalue weighted by atomic mass is 31.2. The van der Waals surface area contributed by atoms with Crippen LogP contribution in [0.3, 0.4) is 0 Å². The topological polar surface area (TPSA) is 134 Å². The van der Waals surface area contributed by atoms with Gasteiger partial charge in [0, 0.05) is 19.4 Å². The van der Waals surface area contributed by atoms with Gasteiger partial charge in [0.25, 0.3) is 0 Å². The van der Waals surface area contributed by atoms with Crippen LogP contribution in [-0.4, -0.2) is 49.3 Å². The molecule has 0 aliphatic heterocycles. The van der Waals surface area contributed by atoms with Gasteiger partial charge in [0.05, 0.1) is 13.2 Å². The van der Waals surface area contributed by atoms with Gasteiger partial charge in [-0.3, -0.25) is 18.6 Å². The number of carbonyl (C=O) groups is 2. The quantitative estimate of drug-likeness (QED) is 0.0265. The first-order chi connectivity index (χ1) is 30.3. The maximum atomic E-state index is 12.6. The lowest BCUT2D eigenvalue weighted by Crippen LogP contribution is -2.29. The lowest BCUT2D eigenvalue weighted by atomic mass is 10.0. The minimum Gasteiger partial charge on any atom is -0.462 e. The summed E-state index contributed by atoms with van der Waals surface area (Å²) in [6.07, 6.45) is 60.4. The normalized spacial score (nSPS) is 13.9. The maximum Gasteiger partial charge on any atom is 0.472 e. The standard InChI is InChI=1S/C52H90NO8P/c1-3-5-7-9-11-13-15-17-19-21-22-23-24-25-26-27-28-29-31-33-35-37-39-41-43-45-52(55)61-50(49-60-62(56,57)59-47-46-53)48-58-51(54)44-42-40-38-36-34-32-30-20-18-16-14-12-10-8-6-4-2/h5,7,11,13,17,19,22-23,25-26,28-29,33,35,50H,3-4,6,8-10,12,14-16,18,20-21,24,27,30-32,34,36-49,53H2,1-2H3,(H,56,57)/b7-5-,13-11-,19-17-,23-22-,26-25-,29-28-,35-33-. The number of hydrogen-bond acceptors (Lipinski definition) is 8. The van der Waals surface area contributed by atoms with E-state index in [1.54, 1.807) is 0 Å². The van der Waals surface area contributed by atoms with Crippen molar-refractivity contribution >= 4 is 19.8 Å². The number of carbonyl (C=O) groups excluding carboxylic acids is 2. The molecule has 0 aliphatic rings. The van der Waals surface area contributed by atoms with Gasteiger partial charge in [-0.05, 0) is 70.6 Å². The number of unbranched alkanes of at least 4 members (excludes halogenated alkanes) is 18. The molecule has 0 heterocycles. The number of phosphoric ester groups is 1. The smallest absolute Gasteiger partial charge is 0.462 e. The highest BCUT2D eigenvalue weighted by molar-refractivity contribution is 7.47. The number of rotatable bonds is 45. The van der Waals surface area contributed by atoms with E-state index in [-0.39, 0.29) is 32.6 Å². The second kappa shape index (κ2) is 47.7. The molecule has 3 N–H and O–H groups in total. The van der Waals surface area contributed by atoms with Crippen LogP contribution in [0.25, 0.3) is 0 Å². The van der Waals surface area contributed by atoms with E-state index in [2.05, 4.69) is 98.9 Å². The third kappa shape index (κ3) is 46.7. The van der Waals surface area contributed by atoms with Crippen molar-refractivity contribution in [2.24, 2.45) is 5.73 Å². The third-order valence-electron chi connectivity index (χ3n) is 10.0. The molecule has 356 valence electrons. The fraction of sp³-hybridized carbons (Fsp3) is 0.692. The number of esters is 2. The summed E-state index contributed by atoms with van der Waals surface area (Å²) in [4.78, 5) is 35.0. The van der Waals surface area contributed by atoms with Gasteiger partial charge in [-0.1, -0.05) is 202 Å². The first-order valence-corrected chi connectivity index (χ1v) is 26.1. The Balaban J connectivity index is 4.17. The molecule has 0 amide bonds. The minimum absolute atomic E-state index is 0.0442. The molecule has 0 saturated carbocycles. The average Bonchev–Trinajstić information content (AvgIpc) is 3.26. The fourth-order valence-electron chi connectivity index (χ4n) is 6.44. The van der Waals surface area contributed by atoms with Crippen LogP contribution >= 0.6 is 7.82 Å². The molecular formula is C52H90NO8P. The molecular weight excluding hydrogens is 798 g/mol. The molecule has 0 bridgehead atoms. The van der Waals surface area contributed by atoms with Crippen LogP contribution in [0.4, 0.5) is 0 Å². The van der Waals surface area contributed by atoms with E-state index in [1.807, 2.05) is 0 Å². The van der Waals surface area contributed by atoms with E-state index in [4.69, 9.17) is 24.3 Å². The molecule has 0 aromatic heterocycles. The van der Waals surface area contributed by atoms with Crippen LogP contribution in [0.15, 0.2) is 85.1 Å². The number of nitrogens with two attached hydrogens (primary N) is 1. The Morgan fingerprint density at radius 3 is 1.32 bits per heavy atom. The second-order valence-corrected chi connectivity index (χ2v) is 17.4. The van der Waals surface area contributed by atoms with Crippen molar-refractivity contribution in [3.05, 3.63) is 85.1 Å². The van der Waals surface area contributed by atoms with Gasteiger partial charge in [0.2, 0.25) is 0 Å². The van der Waals surface area contributed by atoms with Gasteiger partial charge in [-0.25, -0.2) is 4.57 Å². The summed E-state index contributed by atoms with van der Waals surface area (Å²) in [6.45, 7) is 3.59. The predicted octanol–water partition coefficient (Wildman–Crippen LogP) is 14.8. The molecule has 10 heteroatoms. The van der Waals surface area contributed by atoms with Crippen LogP contribution in [0.1, 0.15) is 200 Å². The summed E-state index contributed by atoms with van der Waals surface area (Å²) in [5, 5.41) is 0. The average molecular weight is 888 g/mol. The summed E-state index contributed by atoms with van der Waals surface area (Å²) in [5.74, 6) is -0.867. The van der Waals surface area contributed by atoms with E-state index < -0.39 is 32.5 Å². The fourth-order valence-corrected chi connectivity index (χ4v) is 7.20. The summed E-state index contributed by atoms with van der Waals surface area (Å²) >= 11 is 0. The predicted molar refractivity (Wildman–Crippen MR) is 261 cm³/mol. The van der Waals surface area contributed by atoms with Crippen molar-refractivity contribution in [1.82, 2.24) is 0 Å². The molecule has 2 unspecified atom stereocenters. The number of ether oxygens (including phenoxy) is 2. The Morgan fingerprint density at radius 1 is 0.500 bits per heavy atom. The lowest BCUT2D eigenvalue weighted by Gasteiger charge is -2.19. The highest BCUT2D eigenvalue weighted by Crippen LogP contribution is 2.43.